The number of amides is 1. The van der Waals surface area contributed by atoms with Gasteiger partial charge in [0.05, 0.1) is 12.0 Å². The summed E-state index contributed by atoms with van der Waals surface area (Å²) in [5, 5.41) is 22.5. The molecule has 7 nitrogen and oxygen atoms in total. The van der Waals surface area contributed by atoms with E-state index in [4.69, 9.17) is 9.84 Å². The molecule has 0 aliphatic carbocycles. The van der Waals surface area contributed by atoms with Gasteiger partial charge in [-0.2, -0.15) is 0 Å². The number of nitrogens with one attached hydrogen (secondary N) is 1. The first-order valence-electron chi connectivity index (χ1n) is 6.52. The molecule has 1 rings (SSSR count). The van der Waals surface area contributed by atoms with Gasteiger partial charge in [-0.25, -0.2) is 0 Å². The molecule has 21 heavy (non-hydrogen) atoms. The Morgan fingerprint density at radius 2 is 2.14 bits per heavy atom. The first kappa shape index (κ1) is 16.9. The molecule has 7 heteroatoms. The summed E-state index contributed by atoms with van der Waals surface area (Å²) in [6.07, 6.45) is 0.566. The van der Waals surface area contributed by atoms with Crippen molar-refractivity contribution in [1.29, 1.82) is 0 Å². The van der Waals surface area contributed by atoms with Gasteiger partial charge in [-0.15, -0.1) is 0 Å². The molecule has 0 fully saturated rings. The van der Waals surface area contributed by atoms with Crippen molar-refractivity contribution in [3.05, 3.63) is 33.9 Å². The zero-order valence-corrected chi connectivity index (χ0v) is 12.4. The second kappa shape index (κ2) is 7.03. The topological polar surface area (TPSA) is 102 Å². The SMILES string of the molecule is COc1cc(C(=O)NCC(C)(C)CCO)ccc1[N+](=O)[O-]. The van der Waals surface area contributed by atoms with E-state index in [1.54, 1.807) is 0 Å². The Morgan fingerprint density at radius 1 is 1.48 bits per heavy atom. The number of ether oxygens (including phenoxy) is 1. The van der Waals surface area contributed by atoms with Crippen LogP contribution in [0.1, 0.15) is 30.6 Å². The smallest absolute Gasteiger partial charge is 0.310 e. The molecule has 0 heterocycles. The number of nitro groups is 1. The van der Waals surface area contributed by atoms with E-state index in [-0.39, 0.29) is 34.9 Å². The van der Waals surface area contributed by atoms with E-state index in [1.807, 2.05) is 13.8 Å². The van der Waals surface area contributed by atoms with Gasteiger partial charge in [0.2, 0.25) is 0 Å². The van der Waals surface area contributed by atoms with Crippen molar-refractivity contribution in [1.82, 2.24) is 5.32 Å². The van der Waals surface area contributed by atoms with Gasteiger partial charge in [0.25, 0.3) is 5.91 Å². The lowest BCUT2D eigenvalue weighted by molar-refractivity contribution is -0.385. The number of nitrogens with zero attached hydrogens (tertiary/aromatic N) is 1. The maximum absolute atomic E-state index is 12.0. The van der Waals surface area contributed by atoms with Crippen molar-refractivity contribution in [3.8, 4) is 5.75 Å². The monoisotopic (exact) mass is 296 g/mol. The normalized spacial score (nSPS) is 11.0. The highest BCUT2D eigenvalue weighted by Gasteiger charge is 2.20. The maximum atomic E-state index is 12.0. The molecule has 0 atom stereocenters. The van der Waals surface area contributed by atoms with Gasteiger partial charge in [0, 0.05) is 30.8 Å². The minimum atomic E-state index is -0.565. The van der Waals surface area contributed by atoms with Crippen molar-refractivity contribution in [2.45, 2.75) is 20.3 Å². The fourth-order valence-electron chi connectivity index (χ4n) is 1.78. The number of carbonyl (C=O) groups excluding carboxylic acids is 1. The van der Waals surface area contributed by atoms with Crippen LogP contribution < -0.4 is 10.1 Å². The molecule has 0 saturated heterocycles. The van der Waals surface area contributed by atoms with Crippen molar-refractivity contribution < 1.29 is 19.6 Å². The van der Waals surface area contributed by atoms with E-state index >= 15 is 0 Å². The van der Waals surface area contributed by atoms with Crippen molar-refractivity contribution >= 4 is 11.6 Å². The molecule has 0 unspecified atom stereocenters. The summed E-state index contributed by atoms with van der Waals surface area (Å²) in [6.45, 7) is 4.31. The Kier molecular flexibility index (Phi) is 5.66. The highest BCUT2D eigenvalue weighted by atomic mass is 16.6. The summed E-state index contributed by atoms with van der Waals surface area (Å²) in [4.78, 5) is 22.3. The van der Waals surface area contributed by atoms with E-state index in [9.17, 15) is 14.9 Å². The average molecular weight is 296 g/mol. The first-order valence-corrected chi connectivity index (χ1v) is 6.52. The number of methoxy groups -OCH3 is 1. The summed E-state index contributed by atoms with van der Waals surface area (Å²) in [5.74, 6) is -0.295. The molecule has 0 saturated carbocycles. The van der Waals surface area contributed by atoms with E-state index in [2.05, 4.69) is 5.32 Å². The Hall–Kier alpha value is -2.15. The predicted octanol–water partition coefficient (Wildman–Crippen LogP) is 1.74. The molecule has 0 aliphatic heterocycles. The fourth-order valence-corrected chi connectivity index (χ4v) is 1.78. The molecule has 116 valence electrons. The number of carbonyl (C=O) groups is 1. The molecular formula is C14H20N2O5. The van der Waals surface area contributed by atoms with Crippen LogP contribution in [0.2, 0.25) is 0 Å². The van der Waals surface area contributed by atoms with Crippen LogP contribution in [0, 0.1) is 15.5 Å². The van der Waals surface area contributed by atoms with E-state index in [0.717, 1.165) is 0 Å². The largest absolute Gasteiger partial charge is 0.490 e. The van der Waals surface area contributed by atoms with Crippen LogP contribution in [0.25, 0.3) is 0 Å². The highest BCUT2D eigenvalue weighted by Crippen LogP contribution is 2.27. The molecule has 0 aliphatic rings. The molecule has 1 aromatic rings. The summed E-state index contributed by atoms with van der Waals surface area (Å²) < 4.78 is 4.93. The van der Waals surface area contributed by atoms with Crippen LogP contribution in [-0.2, 0) is 0 Å². The minimum Gasteiger partial charge on any atom is -0.490 e. The number of aliphatic hydroxyl groups is 1. The van der Waals surface area contributed by atoms with Gasteiger partial charge in [0.15, 0.2) is 5.75 Å². The zero-order chi connectivity index (χ0) is 16.0. The number of nitro benzene ring substituents is 1. The molecular weight excluding hydrogens is 276 g/mol. The lowest BCUT2D eigenvalue weighted by atomic mass is 9.89. The lowest BCUT2D eigenvalue weighted by Crippen LogP contribution is -2.34. The summed E-state index contributed by atoms with van der Waals surface area (Å²) in [6, 6.07) is 3.97. The maximum Gasteiger partial charge on any atom is 0.310 e. The third kappa shape index (κ3) is 4.71. The van der Waals surface area contributed by atoms with Crippen LogP contribution in [0.5, 0.6) is 5.75 Å². The standard InChI is InChI=1S/C14H20N2O5/c1-14(2,6-7-17)9-15-13(18)10-4-5-11(16(19)20)12(8-10)21-3/h4-5,8,17H,6-7,9H2,1-3H3,(H,15,18). The predicted molar refractivity (Wildman–Crippen MR) is 77.5 cm³/mol. The molecule has 0 radical (unpaired) electrons. The Morgan fingerprint density at radius 3 is 2.67 bits per heavy atom. The quantitative estimate of drug-likeness (QED) is 0.589. The van der Waals surface area contributed by atoms with Gasteiger partial charge < -0.3 is 15.2 Å². The molecule has 0 aromatic heterocycles. The van der Waals surface area contributed by atoms with Crippen molar-refractivity contribution in [3.63, 3.8) is 0 Å². The van der Waals surface area contributed by atoms with Gasteiger partial charge in [0.1, 0.15) is 0 Å². The van der Waals surface area contributed by atoms with Crippen molar-refractivity contribution in [2.24, 2.45) is 5.41 Å². The third-order valence-electron chi connectivity index (χ3n) is 3.15. The number of benzene rings is 1. The highest BCUT2D eigenvalue weighted by molar-refractivity contribution is 5.95. The summed E-state index contributed by atoms with van der Waals surface area (Å²) >= 11 is 0. The van der Waals surface area contributed by atoms with Crippen LogP contribution >= 0.6 is 0 Å². The van der Waals surface area contributed by atoms with Crippen LogP contribution in [0.4, 0.5) is 5.69 Å². The van der Waals surface area contributed by atoms with E-state index in [0.29, 0.717) is 13.0 Å². The number of rotatable bonds is 7. The first-order chi connectivity index (χ1) is 9.80. The van der Waals surface area contributed by atoms with E-state index < -0.39 is 4.92 Å². The average Bonchev–Trinajstić information content (AvgIpc) is 2.43. The van der Waals surface area contributed by atoms with Gasteiger partial charge in [-0.05, 0) is 17.9 Å². The molecule has 1 aromatic carbocycles. The second-order valence-electron chi connectivity index (χ2n) is 5.46. The Bertz CT molecular complexity index is 528. The zero-order valence-electron chi connectivity index (χ0n) is 12.4. The Balaban J connectivity index is 2.82. The molecule has 1 amide bonds. The molecule has 0 spiro atoms. The van der Waals surface area contributed by atoms with Gasteiger partial charge in [-0.1, -0.05) is 13.8 Å². The number of hydrogen-bond donors (Lipinski definition) is 2. The summed E-state index contributed by atoms with van der Waals surface area (Å²) in [5.41, 5.74) is -0.123. The number of hydrogen-bond acceptors (Lipinski definition) is 5. The van der Waals surface area contributed by atoms with E-state index in [1.165, 1.54) is 25.3 Å². The molecule has 0 bridgehead atoms. The van der Waals surface area contributed by atoms with Gasteiger partial charge in [-0.3, -0.25) is 14.9 Å². The Labute approximate surface area is 123 Å². The lowest BCUT2D eigenvalue weighted by Gasteiger charge is -2.23. The summed E-state index contributed by atoms with van der Waals surface area (Å²) in [7, 11) is 1.31. The second-order valence-corrected chi connectivity index (χ2v) is 5.46. The molecule has 2 N–H and O–H groups in total. The van der Waals surface area contributed by atoms with Gasteiger partial charge >= 0.3 is 5.69 Å². The number of aliphatic hydroxyl groups excluding tert-OH is 1. The van der Waals surface area contributed by atoms with Crippen LogP contribution in [0.15, 0.2) is 18.2 Å². The van der Waals surface area contributed by atoms with Crippen LogP contribution in [0.3, 0.4) is 0 Å². The third-order valence-corrected chi connectivity index (χ3v) is 3.15. The minimum absolute atomic E-state index is 0.0438. The fraction of sp³-hybridized carbons (Fsp3) is 0.500. The van der Waals surface area contributed by atoms with Crippen LogP contribution in [-0.4, -0.2) is 36.2 Å². The van der Waals surface area contributed by atoms with Crippen molar-refractivity contribution in [2.75, 3.05) is 20.3 Å².